The van der Waals surface area contributed by atoms with E-state index in [1.165, 1.54) is 35.4 Å². The van der Waals surface area contributed by atoms with E-state index in [0.717, 1.165) is 87.2 Å². The molecule has 0 aliphatic heterocycles. The smallest absolute Gasteiger partial charge is 0.416 e. The third kappa shape index (κ3) is 27.2. The van der Waals surface area contributed by atoms with E-state index in [0.29, 0.717) is 37.5 Å². The normalized spacial score (nSPS) is 24.0. The number of nitrogens with zero attached hydrogens (tertiary/aromatic N) is 5. The van der Waals surface area contributed by atoms with Crippen molar-refractivity contribution < 1.29 is 71.4 Å². The van der Waals surface area contributed by atoms with Gasteiger partial charge in [0.05, 0.1) is 64.4 Å². The molecule has 144 heavy (non-hydrogen) atoms. The molecular weight excluding hydrogens is 2750 g/mol. The summed E-state index contributed by atoms with van der Waals surface area (Å²) in [6, 6.07) is 45.4. The van der Waals surface area contributed by atoms with Gasteiger partial charge in [-0.05, 0) is 310 Å². The molecule has 5 saturated carbocycles. The fraction of sp³-hybridized carbons (Fsp3) is 0.466. The van der Waals surface area contributed by atoms with Crippen LogP contribution in [0, 0.1) is 97.0 Å². The number of benzene rings is 5. The van der Waals surface area contributed by atoms with Crippen LogP contribution in [0.4, 0.5) is 17.6 Å². The van der Waals surface area contributed by atoms with E-state index in [4.69, 9.17) is 137 Å². The average Bonchev–Trinajstić information content (AvgIpc) is 1.51. The van der Waals surface area contributed by atoms with Crippen molar-refractivity contribution in [3.8, 4) is 5.75 Å². The predicted molar refractivity (Wildman–Crippen MR) is 606 cm³/mol. The zero-order chi connectivity index (χ0) is 108. The number of aromatic nitrogens is 5. The van der Waals surface area contributed by atoms with E-state index in [9.17, 15) is 62.0 Å². The molecule has 0 bridgehead atoms. The highest BCUT2D eigenvalue weighted by Gasteiger charge is 2.82. The molecule has 5 heterocycles. The number of carboxylic acid groups (broad SMARTS) is 4. The Morgan fingerprint density at radius 3 is 0.958 bits per heavy atom. The summed E-state index contributed by atoms with van der Waals surface area (Å²) in [5, 5.41) is 41.2. The van der Waals surface area contributed by atoms with Crippen molar-refractivity contribution >= 4 is 317 Å². The number of esters is 1. The fourth-order valence-corrected chi connectivity index (χ4v) is 29.7. The second-order valence-electron chi connectivity index (χ2n) is 40.5. The van der Waals surface area contributed by atoms with Gasteiger partial charge in [-0.2, -0.15) is 13.2 Å². The topological polar surface area (TPSA) is 209 Å². The maximum Gasteiger partial charge on any atom is 0.416 e. The van der Waals surface area contributed by atoms with Crippen LogP contribution in [0.1, 0.15) is 136 Å². The van der Waals surface area contributed by atoms with Crippen LogP contribution < -0.4 is 4.74 Å². The lowest BCUT2D eigenvalue weighted by atomic mass is 9.95. The van der Waals surface area contributed by atoms with E-state index in [-0.39, 0.29) is 70.8 Å². The summed E-state index contributed by atoms with van der Waals surface area (Å²) in [7, 11) is 1.64. The van der Waals surface area contributed by atoms with Crippen molar-refractivity contribution in [2.75, 3.05) is 7.11 Å². The summed E-state index contributed by atoms with van der Waals surface area (Å²) >= 11 is 102. The third-order valence-electron chi connectivity index (χ3n) is 29.7. The lowest BCUT2D eigenvalue weighted by Gasteiger charge is -2.22. The summed E-state index contributed by atoms with van der Waals surface area (Å²) in [4.78, 5) is 59.9. The van der Waals surface area contributed by atoms with Gasteiger partial charge in [0.2, 0.25) is 0 Å². The van der Waals surface area contributed by atoms with Crippen LogP contribution in [0.15, 0.2) is 214 Å². The molecule has 0 amide bonds. The van der Waals surface area contributed by atoms with Gasteiger partial charge in [0.25, 0.3) is 0 Å². The molecule has 0 spiro atoms. The number of methoxy groups -OCH3 is 1. The van der Waals surface area contributed by atoms with Gasteiger partial charge in [0, 0.05) is 93.2 Å². The second-order valence-corrected chi connectivity index (χ2v) is 63.6. The molecule has 15 rings (SSSR count). The first-order valence-electron chi connectivity index (χ1n) is 45.0. The Morgan fingerprint density at radius 1 is 0.382 bits per heavy atom. The first-order valence-corrected chi connectivity index (χ1v) is 57.7. The summed E-state index contributed by atoms with van der Waals surface area (Å²) in [5.74, 6) is -4.53. The minimum atomic E-state index is -4.37. The number of rotatable bonds is 36. The lowest BCUT2D eigenvalue weighted by Crippen LogP contribution is -2.30. The van der Waals surface area contributed by atoms with Gasteiger partial charge in [0.15, 0.2) is 22.9 Å². The molecule has 5 aliphatic carbocycles. The van der Waals surface area contributed by atoms with Crippen molar-refractivity contribution in [3.05, 3.63) is 291 Å². The Bertz CT molecular complexity index is 6080. The van der Waals surface area contributed by atoms with Crippen LogP contribution in [0.3, 0.4) is 0 Å². The number of ether oxygens (including phenoxy) is 2. The SMILES string of the molecule is CC1(C)C(C(=O)OCn2ccc(Cc3cccc(F)c3)c2)C1C(Br)C(Cl)(Cl)Br.CC1(C)C(C(Br)C(Cl)(Cl)Br)C1(Cn1ccc(Cc2ccc(C(F)(F)F)cc2)c1)C(=O)O.CC1(C)C(C(Br)C(Cl)(Cl)Br)C1(Cn1ccc(Cc2cccc(Cl)c2)c1)C(=O)O.COc1ccc(Cc2ccn(CC3(C(=O)O)C(C(Br)C(Cl)(Cl)Br)C3(C)C)c2)cc1.Cc1cccc(Cc2ccn(CC3(C(=O)O)C(C(Br)C(Cl)(Cl)Br)C3(C)C)c2)c1. The molecule has 784 valence electrons. The molecule has 15 unspecified atom stereocenters. The molecule has 0 saturated heterocycles. The van der Waals surface area contributed by atoms with Crippen molar-refractivity contribution in [3.63, 3.8) is 0 Å². The number of halogens is 25. The van der Waals surface area contributed by atoms with E-state index < -0.39 is 114 Å². The van der Waals surface area contributed by atoms with E-state index in [1.807, 2.05) is 224 Å². The standard InChI is InChI=1S/C21H20Br2Cl2F3NO2.C21H23Br2Cl2NO3.C21H23Br2Cl2NO2.C20H20Br2Cl3NO2.C20H20Br2Cl2FNO2/c1-18(2)15(16(22)20(23,24)25)19(18,17(30)31)11-29-8-7-13(10-29)9-12-3-5-14(6-4-12)21(26,27)28;1-19(2)16(17(22)21(23,24)25)20(19,18(27)28)12-26-9-8-14(11-26)10-13-4-6-15(29-3)7-5-13;1-13-5-4-6-14(9-13)10-15-7-8-26(11-15)12-20(18(27)28)16(19(20,2)3)17(22)21(23,24)25;1-18(2)15(16(21)20(22,24)25)19(18,17(27)28)11-26-7-6-13(10-26)8-12-4-3-5-14(23)9-12;1-19(2)15(17(21)20(22,23)24)16(19)18(27)28-11-26-7-6-13(10-26)8-12-4-3-5-14(25)9-12/h3-8,10,15-16H,9,11H2,1-2H3,(H,30,31);4-9,11,16-17H,10,12H2,1-3H3,(H,27,28);4-9,11,16-17H,10,12H2,1-3H3,(H,27,28);3-7,9-10,15-16H,8,11H2,1-2H3,(H,27,28);3-7,9-10,15-17H,8,11H2,1-2H3. The van der Waals surface area contributed by atoms with E-state index in [1.54, 1.807) is 28.5 Å². The van der Waals surface area contributed by atoms with Crippen molar-refractivity contribution in [2.45, 2.75) is 188 Å². The number of aliphatic carboxylic acids is 4. The molecule has 5 aromatic carbocycles. The molecule has 5 aromatic heterocycles. The fourth-order valence-electron chi connectivity index (χ4n) is 21.5. The zero-order valence-corrected chi connectivity index (χ0v) is 104. The van der Waals surface area contributed by atoms with Gasteiger partial charge in [-0.3, -0.25) is 24.0 Å². The zero-order valence-electron chi connectivity index (χ0n) is 79.5. The molecule has 0 radical (unpaired) electrons. The average molecular weight is 2860 g/mol. The van der Waals surface area contributed by atoms with Crippen molar-refractivity contribution in [1.82, 2.24) is 22.8 Å². The summed E-state index contributed by atoms with van der Waals surface area (Å²) in [5.41, 5.74) is 4.68. The van der Waals surface area contributed by atoms with Crippen molar-refractivity contribution in [1.29, 1.82) is 0 Å². The molecular formula is C103H106Br10Cl11F4N5O11. The Kier molecular flexibility index (Phi) is 39.2. The van der Waals surface area contributed by atoms with Crippen LogP contribution >= 0.6 is 287 Å². The van der Waals surface area contributed by atoms with Crippen LogP contribution in [0.25, 0.3) is 0 Å². The number of alkyl halides is 23. The quantitative estimate of drug-likeness (QED) is 0.0165. The number of aryl methyl sites for hydroxylation is 1. The predicted octanol–water partition coefficient (Wildman–Crippen LogP) is 32.7. The molecule has 41 heteroatoms. The van der Waals surface area contributed by atoms with Crippen LogP contribution in [0.2, 0.25) is 5.02 Å². The van der Waals surface area contributed by atoms with Gasteiger partial charge in [0.1, 0.15) is 11.6 Å². The Hall–Kier alpha value is -2.64. The van der Waals surface area contributed by atoms with E-state index >= 15 is 0 Å². The lowest BCUT2D eigenvalue weighted by molar-refractivity contribution is -0.150. The second kappa shape index (κ2) is 46.4. The first-order chi connectivity index (χ1) is 66.3. The number of carbonyl (C=O) groups is 5. The van der Waals surface area contributed by atoms with E-state index in [2.05, 4.69) is 190 Å². The first kappa shape index (κ1) is 122. The van der Waals surface area contributed by atoms with Crippen LogP contribution in [-0.2, 0) is 99.9 Å². The highest BCUT2D eigenvalue weighted by atomic mass is 79.9. The van der Waals surface area contributed by atoms with Gasteiger partial charge >= 0.3 is 36.0 Å². The summed E-state index contributed by atoms with van der Waals surface area (Å²) < 4.78 is 65.4. The molecule has 5 fully saturated rings. The Morgan fingerprint density at radius 2 is 0.667 bits per heavy atom. The number of carboxylic acids is 4. The van der Waals surface area contributed by atoms with Gasteiger partial charge in [-0.25, -0.2) is 4.39 Å². The Balaban J connectivity index is 0.000000172. The van der Waals surface area contributed by atoms with Gasteiger partial charge in [-0.15, -0.1) is 0 Å². The number of carbonyl (C=O) groups excluding carboxylic acids is 1. The highest BCUT2D eigenvalue weighted by Crippen LogP contribution is 2.78. The molecule has 16 nitrogen and oxygen atoms in total. The molecule has 10 aromatic rings. The minimum absolute atomic E-state index is 0.0393. The summed E-state index contributed by atoms with van der Waals surface area (Å²) in [6.45, 7) is 22.9. The van der Waals surface area contributed by atoms with Crippen LogP contribution in [0.5, 0.6) is 5.75 Å². The summed E-state index contributed by atoms with van der Waals surface area (Å²) in [6.07, 6.45) is 18.1. The largest absolute Gasteiger partial charge is 0.497 e. The number of hydrogen-bond donors (Lipinski definition) is 4. The van der Waals surface area contributed by atoms with Crippen LogP contribution in [-0.4, -0.2) is 121 Å². The van der Waals surface area contributed by atoms with Gasteiger partial charge in [-0.1, -0.05) is 355 Å². The van der Waals surface area contributed by atoms with Crippen molar-refractivity contribution in [2.24, 2.45) is 84.2 Å². The van der Waals surface area contributed by atoms with Gasteiger partial charge < -0.3 is 52.7 Å². The number of hydrogen-bond acceptors (Lipinski definition) is 7. The third-order valence-corrected chi connectivity index (χ3v) is 46.6. The Labute approximate surface area is 975 Å². The highest BCUT2D eigenvalue weighted by molar-refractivity contribution is 9.14. The molecule has 15 atom stereocenters. The minimum Gasteiger partial charge on any atom is -0.497 e. The monoisotopic (exact) mass is 2840 g/mol. The maximum absolute atomic E-state index is 13.3. The molecule has 4 N–H and O–H groups in total. The molecule has 5 aliphatic rings. The maximum atomic E-state index is 13.3.